The molecule has 3 aromatic rings. The van der Waals surface area contributed by atoms with Crippen LogP contribution in [0, 0.1) is 0 Å². The number of carbonyl (C=O) groups excluding carboxylic acids is 1. The Morgan fingerprint density at radius 2 is 1.56 bits per heavy atom. The smallest absolute Gasteiger partial charge is 0.407 e. The van der Waals surface area contributed by atoms with Crippen molar-refractivity contribution in [3.05, 3.63) is 89.7 Å². The second kappa shape index (κ2) is 7.23. The van der Waals surface area contributed by atoms with Crippen LogP contribution < -0.4 is 5.32 Å². The molecule has 1 amide bonds. The maximum atomic E-state index is 12.1. The molecule has 0 bridgehead atoms. The molecule has 1 aliphatic rings. The highest BCUT2D eigenvalue weighted by Crippen LogP contribution is 2.50. The number of aromatic nitrogens is 1. The van der Waals surface area contributed by atoms with Gasteiger partial charge in [0.15, 0.2) is 0 Å². The summed E-state index contributed by atoms with van der Waals surface area (Å²) in [6.45, 7) is 2.64. The topological polar surface area (TPSA) is 51.2 Å². The summed E-state index contributed by atoms with van der Waals surface area (Å²) in [4.78, 5) is 16.2. The number of alkyl carbamates (subject to hydrolysis) is 1. The summed E-state index contributed by atoms with van der Waals surface area (Å²) in [5.41, 5.74) is 5.77. The van der Waals surface area contributed by atoms with Crippen LogP contribution in [0.4, 0.5) is 4.79 Å². The van der Waals surface area contributed by atoms with E-state index in [1.165, 1.54) is 27.8 Å². The molecule has 0 atom stereocenters. The van der Waals surface area contributed by atoms with Crippen LogP contribution in [0.15, 0.2) is 73.1 Å². The molecule has 2 aromatic carbocycles. The fourth-order valence-electron chi connectivity index (χ4n) is 4.11. The van der Waals surface area contributed by atoms with Gasteiger partial charge in [0.05, 0.1) is 6.61 Å². The van der Waals surface area contributed by atoms with Crippen LogP contribution >= 0.6 is 0 Å². The average Bonchev–Trinajstić information content (AvgIpc) is 2.98. The van der Waals surface area contributed by atoms with E-state index in [1.807, 2.05) is 31.5 Å². The standard InChI is InChI=1S/C23H22N2O2/c1-2-27-22(26)25-16-23(15-17-11-13-24-14-12-17)20-9-5-3-7-18(20)19-8-4-6-10-21(19)23/h3-14H,2,15-16H2,1H3,(H,25,26). The minimum absolute atomic E-state index is 0.346. The molecule has 1 heterocycles. The van der Waals surface area contributed by atoms with E-state index >= 15 is 0 Å². The third-order valence-corrected chi connectivity index (χ3v) is 5.24. The number of hydrogen-bond donors (Lipinski definition) is 1. The average molecular weight is 358 g/mol. The van der Waals surface area contributed by atoms with Gasteiger partial charge in [-0.15, -0.1) is 0 Å². The molecule has 0 saturated heterocycles. The van der Waals surface area contributed by atoms with Gasteiger partial charge in [0.1, 0.15) is 0 Å². The van der Waals surface area contributed by atoms with Gasteiger partial charge in [-0.25, -0.2) is 4.79 Å². The van der Waals surface area contributed by atoms with Gasteiger partial charge in [0.2, 0.25) is 0 Å². The van der Waals surface area contributed by atoms with Crippen molar-refractivity contribution in [2.45, 2.75) is 18.8 Å². The first-order valence-electron chi connectivity index (χ1n) is 9.23. The molecular formula is C23H22N2O2. The van der Waals surface area contributed by atoms with Crippen LogP contribution in [-0.2, 0) is 16.6 Å². The van der Waals surface area contributed by atoms with Crippen molar-refractivity contribution in [2.24, 2.45) is 0 Å². The van der Waals surface area contributed by atoms with Crippen molar-refractivity contribution in [2.75, 3.05) is 13.2 Å². The number of hydrogen-bond acceptors (Lipinski definition) is 3. The Kier molecular flexibility index (Phi) is 4.63. The number of ether oxygens (including phenoxy) is 1. The van der Waals surface area contributed by atoms with E-state index in [2.05, 4.69) is 58.8 Å². The molecule has 0 radical (unpaired) electrons. The number of pyridine rings is 1. The highest BCUT2D eigenvalue weighted by molar-refractivity contribution is 5.82. The van der Waals surface area contributed by atoms with Crippen LogP contribution in [0.3, 0.4) is 0 Å². The summed E-state index contributed by atoms with van der Waals surface area (Å²) >= 11 is 0. The molecule has 27 heavy (non-hydrogen) atoms. The summed E-state index contributed by atoms with van der Waals surface area (Å²) in [7, 11) is 0. The molecule has 1 N–H and O–H groups in total. The van der Waals surface area contributed by atoms with Crippen LogP contribution in [0.5, 0.6) is 0 Å². The van der Waals surface area contributed by atoms with Gasteiger partial charge in [-0.3, -0.25) is 4.98 Å². The minimum Gasteiger partial charge on any atom is -0.450 e. The van der Waals surface area contributed by atoms with Crippen LogP contribution in [0.1, 0.15) is 23.6 Å². The SMILES string of the molecule is CCOC(=O)NCC1(Cc2ccncc2)c2ccccc2-c2ccccc21. The minimum atomic E-state index is -0.381. The molecule has 0 saturated carbocycles. The number of fused-ring (bicyclic) bond motifs is 3. The lowest BCUT2D eigenvalue weighted by atomic mass is 9.73. The zero-order valence-electron chi connectivity index (χ0n) is 15.3. The van der Waals surface area contributed by atoms with Gasteiger partial charge in [0, 0.05) is 24.4 Å². The van der Waals surface area contributed by atoms with Crippen LogP contribution in [-0.4, -0.2) is 24.2 Å². The second-order valence-electron chi connectivity index (χ2n) is 6.78. The Hall–Kier alpha value is -3.14. The van der Waals surface area contributed by atoms with Gasteiger partial charge in [0.25, 0.3) is 0 Å². The first-order chi connectivity index (χ1) is 13.2. The lowest BCUT2D eigenvalue weighted by Gasteiger charge is -2.32. The number of rotatable bonds is 5. The predicted molar refractivity (Wildman–Crippen MR) is 106 cm³/mol. The highest BCUT2D eigenvalue weighted by Gasteiger charge is 2.43. The van der Waals surface area contributed by atoms with Crippen LogP contribution in [0.25, 0.3) is 11.1 Å². The normalized spacial score (nSPS) is 13.5. The zero-order chi connectivity index (χ0) is 18.7. The first-order valence-corrected chi connectivity index (χ1v) is 9.23. The Labute approximate surface area is 159 Å². The molecule has 4 nitrogen and oxygen atoms in total. The first kappa shape index (κ1) is 17.3. The Morgan fingerprint density at radius 1 is 0.963 bits per heavy atom. The van der Waals surface area contributed by atoms with Gasteiger partial charge in [-0.1, -0.05) is 48.5 Å². The Bertz CT molecular complexity index is 908. The molecule has 0 aliphatic heterocycles. The molecule has 1 aromatic heterocycles. The van der Waals surface area contributed by atoms with E-state index in [0.717, 1.165) is 6.42 Å². The molecule has 4 heteroatoms. The van der Waals surface area contributed by atoms with E-state index in [4.69, 9.17) is 4.74 Å². The highest BCUT2D eigenvalue weighted by atomic mass is 16.5. The fraction of sp³-hybridized carbons (Fsp3) is 0.217. The second-order valence-corrected chi connectivity index (χ2v) is 6.78. The number of nitrogens with zero attached hydrogens (tertiary/aromatic N) is 1. The summed E-state index contributed by atoms with van der Waals surface area (Å²) in [6.07, 6.45) is 4.02. The number of nitrogens with one attached hydrogen (secondary N) is 1. The van der Waals surface area contributed by atoms with Gasteiger partial charge in [-0.05, 0) is 53.3 Å². The summed E-state index contributed by atoms with van der Waals surface area (Å²) < 4.78 is 5.11. The lowest BCUT2D eigenvalue weighted by molar-refractivity contribution is 0.150. The van der Waals surface area contributed by atoms with Crippen molar-refractivity contribution in [3.63, 3.8) is 0 Å². The van der Waals surface area contributed by atoms with Crippen molar-refractivity contribution < 1.29 is 9.53 Å². The largest absolute Gasteiger partial charge is 0.450 e. The molecule has 136 valence electrons. The van der Waals surface area contributed by atoms with Gasteiger partial charge < -0.3 is 10.1 Å². The lowest BCUT2D eigenvalue weighted by Crippen LogP contribution is -2.42. The third-order valence-electron chi connectivity index (χ3n) is 5.24. The van der Waals surface area contributed by atoms with Crippen molar-refractivity contribution in [1.82, 2.24) is 10.3 Å². The maximum Gasteiger partial charge on any atom is 0.407 e. The number of benzene rings is 2. The molecule has 1 aliphatic carbocycles. The summed E-state index contributed by atoms with van der Waals surface area (Å²) in [5.74, 6) is 0. The third kappa shape index (κ3) is 3.08. The molecule has 4 rings (SSSR count). The Balaban J connectivity index is 1.83. The molecule has 0 fully saturated rings. The summed E-state index contributed by atoms with van der Waals surface area (Å²) in [6, 6.07) is 21.0. The fourth-order valence-corrected chi connectivity index (χ4v) is 4.11. The quantitative estimate of drug-likeness (QED) is 0.738. The van der Waals surface area contributed by atoms with Crippen molar-refractivity contribution in [1.29, 1.82) is 0 Å². The van der Waals surface area contributed by atoms with Crippen molar-refractivity contribution in [3.8, 4) is 11.1 Å². The van der Waals surface area contributed by atoms with E-state index in [-0.39, 0.29) is 11.5 Å². The zero-order valence-corrected chi connectivity index (χ0v) is 15.3. The van der Waals surface area contributed by atoms with E-state index < -0.39 is 0 Å². The molecule has 0 unspecified atom stereocenters. The van der Waals surface area contributed by atoms with E-state index in [0.29, 0.717) is 13.2 Å². The van der Waals surface area contributed by atoms with E-state index in [9.17, 15) is 4.79 Å². The number of amides is 1. The monoisotopic (exact) mass is 358 g/mol. The summed E-state index contributed by atoms with van der Waals surface area (Å²) in [5, 5.41) is 2.99. The number of carbonyl (C=O) groups is 1. The van der Waals surface area contributed by atoms with Gasteiger partial charge in [-0.2, -0.15) is 0 Å². The Morgan fingerprint density at radius 3 is 2.15 bits per heavy atom. The van der Waals surface area contributed by atoms with Crippen LogP contribution in [0.2, 0.25) is 0 Å². The maximum absolute atomic E-state index is 12.1. The predicted octanol–water partition coefficient (Wildman–Crippen LogP) is 4.34. The van der Waals surface area contributed by atoms with Crippen molar-refractivity contribution >= 4 is 6.09 Å². The molecular weight excluding hydrogens is 336 g/mol. The van der Waals surface area contributed by atoms with E-state index in [1.54, 1.807) is 0 Å². The van der Waals surface area contributed by atoms with Gasteiger partial charge >= 0.3 is 6.09 Å². The molecule has 0 spiro atoms.